The number of benzene rings is 1. The molecule has 5 nitrogen and oxygen atoms in total. The van der Waals surface area contributed by atoms with E-state index < -0.39 is 5.91 Å². The molecule has 0 unspecified atom stereocenters. The Labute approximate surface area is 136 Å². The van der Waals surface area contributed by atoms with Gasteiger partial charge in [-0.1, -0.05) is 34.8 Å². The minimum absolute atomic E-state index is 0.0334. The molecular weight excluding hydrogens is 337 g/mol. The zero-order valence-electron chi connectivity index (χ0n) is 10.9. The number of hydrogen-bond acceptors (Lipinski definition) is 4. The monoisotopic (exact) mass is 345 g/mol. The summed E-state index contributed by atoms with van der Waals surface area (Å²) in [4.78, 5) is 12.1. The van der Waals surface area contributed by atoms with Gasteiger partial charge in [0, 0.05) is 5.69 Å². The van der Waals surface area contributed by atoms with Crippen LogP contribution in [0.1, 0.15) is 17.3 Å². The van der Waals surface area contributed by atoms with Gasteiger partial charge in [-0.25, -0.2) is 0 Å². The van der Waals surface area contributed by atoms with Gasteiger partial charge in [0.05, 0.1) is 17.2 Å². The quantitative estimate of drug-likeness (QED) is 0.905. The summed E-state index contributed by atoms with van der Waals surface area (Å²) in [6.07, 6.45) is 0. The molecule has 0 saturated heterocycles. The number of rotatable bonds is 4. The summed E-state index contributed by atoms with van der Waals surface area (Å²) in [6.45, 7) is 2.36. The highest BCUT2D eigenvalue weighted by molar-refractivity contribution is 6.35. The van der Waals surface area contributed by atoms with E-state index >= 15 is 0 Å². The lowest BCUT2D eigenvalue weighted by Crippen LogP contribution is -2.13. The van der Waals surface area contributed by atoms with Crippen LogP contribution in [0.4, 0.5) is 5.69 Å². The van der Waals surface area contributed by atoms with Crippen molar-refractivity contribution in [2.45, 2.75) is 6.92 Å². The van der Waals surface area contributed by atoms with Crippen LogP contribution in [0.15, 0.2) is 24.3 Å². The molecule has 0 aliphatic carbocycles. The number of anilines is 1. The van der Waals surface area contributed by atoms with Gasteiger partial charge in [-0.15, -0.1) is 10.2 Å². The molecule has 0 radical (unpaired) electrons. The molecule has 0 aliphatic rings. The van der Waals surface area contributed by atoms with E-state index in [9.17, 15) is 4.79 Å². The molecule has 1 N–H and O–H groups in total. The van der Waals surface area contributed by atoms with Crippen molar-refractivity contribution in [3.05, 3.63) is 45.2 Å². The molecule has 1 aromatic heterocycles. The Morgan fingerprint density at radius 3 is 2.67 bits per heavy atom. The number of nitrogens with one attached hydrogen (secondary N) is 1. The first kappa shape index (κ1) is 15.8. The minimum atomic E-state index is -0.461. The SMILES string of the molecule is CCOc1ccc(NC(=O)c2cc(Cl)nnc2Cl)cc1Cl. The lowest BCUT2D eigenvalue weighted by atomic mass is 10.2. The van der Waals surface area contributed by atoms with Gasteiger partial charge in [0.25, 0.3) is 5.91 Å². The van der Waals surface area contributed by atoms with Gasteiger partial charge in [-0.3, -0.25) is 4.79 Å². The van der Waals surface area contributed by atoms with Gasteiger partial charge in [-0.05, 0) is 31.2 Å². The second-order valence-electron chi connectivity index (χ2n) is 3.90. The van der Waals surface area contributed by atoms with Gasteiger partial charge in [-0.2, -0.15) is 0 Å². The smallest absolute Gasteiger partial charge is 0.258 e. The van der Waals surface area contributed by atoms with Crippen molar-refractivity contribution in [2.75, 3.05) is 11.9 Å². The summed E-state index contributed by atoms with van der Waals surface area (Å²) in [5, 5.41) is 10.2. The molecule has 0 aliphatic heterocycles. The predicted octanol–water partition coefficient (Wildman–Crippen LogP) is 4.09. The number of carbonyl (C=O) groups excluding carboxylic acids is 1. The summed E-state index contributed by atoms with van der Waals surface area (Å²) in [7, 11) is 0. The van der Waals surface area contributed by atoms with E-state index in [0.29, 0.717) is 23.1 Å². The lowest BCUT2D eigenvalue weighted by Gasteiger charge is -2.09. The van der Waals surface area contributed by atoms with Crippen molar-refractivity contribution in [1.82, 2.24) is 10.2 Å². The van der Waals surface area contributed by atoms with Crippen LogP contribution >= 0.6 is 34.8 Å². The third kappa shape index (κ3) is 3.97. The van der Waals surface area contributed by atoms with Crippen molar-refractivity contribution in [3.8, 4) is 5.75 Å². The summed E-state index contributed by atoms with van der Waals surface area (Å²) in [5.41, 5.74) is 0.624. The number of aromatic nitrogens is 2. The topological polar surface area (TPSA) is 64.1 Å². The Bertz CT molecular complexity index is 680. The van der Waals surface area contributed by atoms with Crippen LogP contribution in [0.5, 0.6) is 5.75 Å². The van der Waals surface area contributed by atoms with Crippen molar-refractivity contribution in [1.29, 1.82) is 0 Å². The second kappa shape index (κ2) is 6.93. The van der Waals surface area contributed by atoms with Gasteiger partial charge in [0.2, 0.25) is 0 Å². The summed E-state index contributed by atoms with van der Waals surface area (Å²) in [5.74, 6) is 0.0841. The summed E-state index contributed by atoms with van der Waals surface area (Å²) < 4.78 is 5.31. The molecule has 1 amide bonds. The fourth-order valence-corrected chi connectivity index (χ4v) is 2.12. The first-order chi connectivity index (χ1) is 10.0. The van der Waals surface area contributed by atoms with Gasteiger partial charge in [0.1, 0.15) is 5.75 Å². The van der Waals surface area contributed by atoms with Gasteiger partial charge < -0.3 is 10.1 Å². The predicted molar refractivity (Wildman–Crippen MR) is 82.6 cm³/mol. The molecule has 0 fully saturated rings. The maximum atomic E-state index is 12.1. The average molecular weight is 347 g/mol. The molecule has 0 spiro atoms. The summed E-state index contributed by atoms with van der Waals surface area (Å²) >= 11 is 17.6. The van der Waals surface area contributed by atoms with Crippen LogP contribution in [0, 0.1) is 0 Å². The number of nitrogens with zero attached hydrogens (tertiary/aromatic N) is 2. The Hall–Kier alpha value is -1.56. The largest absolute Gasteiger partial charge is 0.492 e. The first-order valence-corrected chi connectivity index (χ1v) is 7.07. The van der Waals surface area contributed by atoms with Crippen LogP contribution in [0.3, 0.4) is 0 Å². The van der Waals surface area contributed by atoms with E-state index in [1.165, 1.54) is 6.07 Å². The molecule has 2 aromatic rings. The van der Waals surface area contributed by atoms with Crippen molar-refractivity contribution >= 4 is 46.4 Å². The molecule has 0 saturated carbocycles. The molecule has 0 bridgehead atoms. The van der Waals surface area contributed by atoms with Crippen molar-refractivity contribution in [2.24, 2.45) is 0 Å². The number of amides is 1. The normalized spacial score (nSPS) is 10.3. The number of hydrogen-bond donors (Lipinski definition) is 1. The third-order valence-corrected chi connectivity index (χ3v) is 3.21. The first-order valence-electron chi connectivity index (χ1n) is 5.93. The maximum absolute atomic E-state index is 12.1. The Balaban J connectivity index is 2.19. The number of carbonyl (C=O) groups is 1. The molecule has 0 atom stereocenters. The van der Waals surface area contributed by atoms with Gasteiger partial charge in [0.15, 0.2) is 10.3 Å². The van der Waals surface area contributed by atoms with E-state index in [2.05, 4.69) is 15.5 Å². The zero-order valence-corrected chi connectivity index (χ0v) is 13.1. The standard InChI is InChI=1S/C13H10Cl3N3O2/c1-2-21-10-4-3-7(5-9(10)14)17-13(20)8-6-11(15)18-19-12(8)16/h3-6H,2H2,1H3,(H,17,20). The molecule has 21 heavy (non-hydrogen) atoms. The maximum Gasteiger partial charge on any atom is 0.258 e. The highest BCUT2D eigenvalue weighted by Gasteiger charge is 2.14. The lowest BCUT2D eigenvalue weighted by molar-refractivity contribution is 0.102. The van der Waals surface area contributed by atoms with Crippen LogP contribution < -0.4 is 10.1 Å². The Kier molecular flexibility index (Phi) is 5.22. The van der Waals surface area contributed by atoms with E-state index in [0.717, 1.165) is 0 Å². The molecule has 1 heterocycles. The average Bonchev–Trinajstić information content (AvgIpc) is 2.44. The number of halogens is 3. The van der Waals surface area contributed by atoms with Crippen LogP contribution in [-0.4, -0.2) is 22.7 Å². The van der Waals surface area contributed by atoms with Gasteiger partial charge >= 0.3 is 0 Å². The summed E-state index contributed by atoms with van der Waals surface area (Å²) in [6, 6.07) is 6.25. The van der Waals surface area contributed by atoms with Crippen LogP contribution in [0.25, 0.3) is 0 Å². The van der Waals surface area contributed by atoms with Crippen LogP contribution in [-0.2, 0) is 0 Å². The van der Waals surface area contributed by atoms with Crippen LogP contribution in [0.2, 0.25) is 15.3 Å². The molecule has 1 aromatic carbocycles. The molecule has 8 heteroatoms. The van der Waals surface area contributed by atoms with E-state index in [-0.39, 0.29) is 15.9 Å². The number of ether oxygens (including phenoxy) is 1. The molecule has 2 rings (SSSR count). The van der Waals surface area contributed by atoms with E-state index in [1.54, 1.807) is 18.2 Å². The minimum Gasteiger partial charge on any atom is -0.492 e. The van der Waals surface area contributed by atoms with E-state index in [4.69, 9.17) is 39.5 Å². The zero-order chi connectivity index (χ0) is 15.4. The van der Waals surface area contributed by atoms with Crippen molar-refractivity contribution in [3.63, 3.8) is 0 Å². The van der Waals surface area contributed by atoms with E-state index in [1.807, 2.05) is 6.92 Å². The molecular formula is C13H10Cl3N3O2. The highest BCUT2D eigenvalue weighted by atomic mass is 35.5. The van der Waals surface area contributed by atoms with Crippen molar-refractivity contribution < 1.29 is 9.53 Å². The fourth-order valence-electron chi connectivity index (χ4n) is 1.56. The highest BCUT2D eigenvalue weighted by Crippen LogP contribution is 2.28. The third-order valence-electron chi connectivity index (χ3n) is 2.45. The second-order valence-corrected chi connectivity index (χ2v) is 5.06. The fraction of sp³-hybridized carbons (Fsp3) is 0.154. The molecule has 110 valence electrons. The Morgan fingerprint density at radius 1 is 1.24 bits per heavy atom. The Morgan fingerprint density at radius 2 is 2.00 bits per heavy atom.